The first-order valence-electron chi connectivity index (χ1n) is 11.0. The topological polar surface area (TPSA) is 89.2 Å². The van der Waals surface area contributed by atoms with Crippen molar-refractivity contribution in [2.45, 2.75) is 13.3 Å². The maximum absolute atomic E-state index is 13.0. The Morgan fingerprint density at radius 2 is 1.84 bits per heavy atom. The predicted octanol–water partition coefficient (Wildman–Crippen LogP) is 3.51. The zero-order valence-corrected chi connectivity index (χ0v) is 17.5. The molecule has 0 unspecified atom stereocenters. The molecular weight excluding hydrogens is 408 g/mol. The number of furan rings is 1. The second kappa shape index (κ2) is 7.02. The molecule has 1 aromatic carbocycles. The van der Waals surface area contributed by atoms with Crippen molar-refractivity contribution in [2.24, 2.45) is 40.6 Å². The number of carbonyl (C=O) groups is 3. The summed E-state index contributed by atoms with van der Waals surface area (Å²) in [6, 6.07) is 10.4. The summed E-state index contributed by atoms with van der Waals surface area (Å²) in [5.41, 5.74) is 1.16. The Balaban J connectivity index is 1.21. The van der Waals surface area contributed by atoms with Crippen molar-refractivity contribution in [3.63, 3.8) is 0 Å². The summed E-state index contributed by atoms with van der Waals surface area (Å²) in [6.07, 6.45) is 6.82. The molecule has 1 aliphatic heterocycles. The van der Waals surface area contributed by atoms with Crippen LogP contribution in [0.4, 0.5) is 0 Å². The van der Waals surface area contributed by atoms with Gasteiger partial charge in [-0.3, -0.25) is 9.59 Å². The van der Waals surface area contributed by atoms with Crippen molar-refractivity contribution in [1.29, 1.82) is 0 Å². The number of hydrazone groups is 1. The molecular formula is C25H22N2O5. The summed E-state index contributed by atoms with van der Waals surface area (Å²) in [4.78, 5) is 38.0. The summed E-state index contributed by atoms with van der Waals surface area (Å²) in [7, 11) is 0. The van der Waals surface area contributed by atoms with Gasteiger partial charge >= 0.3 is 5.97 Å². The number of hydrogen-bond acceptors (Lipinski definition) is 6. The fraction of sp³-hybridized carbons (Fsp3) is 0.360. The lowest BCUT2D eigenvalue weighted by Gasteiger charge is -2.37. The molecule has 3 fully saturated rings. The first kappa shape index (κ1) is 19.2. The Hall–Kier alpha value is -3.48. The Bertz CT molecular complexity index is 1160. The van der Waals surface area contributed by atoms with Gasteiger partial charge in [0.25, 0.3) is 11.8 Å². The average Bonchev–Trinajstić information content (AvgIpc) is 3.44. The highest BCUT2D eigenvalue weighted by Crippen LogP contribution is 2.65. The van der Waals surface area contributed by atoms with Gasteiger partial charge in [0.15, 0.2) is 0 Å². The standard InChI is InChI=1S/C25H22N2O5/c1-2-31-25(30)14-5-3-4-13(10-14)20-9-6-15(32-20)12-26-27-23(28)21-16-7-8-17(19-11-18(16)19)22(21)24(27)29/h3-10,12,16-19,21-22H,2,11H2,1H3/b26-12-/t16-,17-,18-,19-,21-,22+/m1/s1. The molecule has 162 valence electrons. The molecule has 1 aromatic heterocycles. The van der Waals surface area contributed by atoms with Gasteiger partial charge in [-0.05, 0) is 61.3 Å². The van der Waals surface area contributed by atoms with Crippen LogP contribution < -0.4 is 0 Å². The van der Waals surface area contributed by atoms with E-state index in [1.165, 1.54) is 6.21 Å². The van der Waals surface area contributed by atoms with Crippen molar-refractivity contribution in [2.75, 3.05) is 6.61 Å². The molecule has 2 amide bonds. The van der Waals surface area contributed by atoms with E-state index in [0.29, 0.717) is 35.5 Å². The molecule has 2 saturated carbocycles. The van der Waals surface area contributed by atoms with Crippen molar-refractivity contribution in [3.8, 4) is 11.3 Å². The first-order chi connectivity index (χ1) is 15.6. The van der Waals surface area contributed by atoms with E-state index in [1.807, 2.05) is 6.07 Å². The minimum atomic E-state index is -0.392. The first-order valence-corrected chi connectivity index (χ1v) is 11.0. The Kier molecular flexibility index (Phi) is 4.22. The predicted molar refractivity (Wildman–Crippen MR) is 114 cm³/mol. The van der Waals surface area contributed by atoms with Gasteiger partial charge in [-0.2, -0.15) is 10.1 Å². The molecule has 7 heteroatoms. The summed E-state index contributed by atoms with van der Waals surface area (Å²) in [5.74, 6) is 1.11. The van der Waals surface area contributed by atoms with Crippen LogP contribution in [0.15, 0.2) is 58.1 Å². The highest BCUT2D eigenvalue weighted by molar-refractivity contribution is 6.06. The van der Waals surface area contributed by atoms with Crippen molar-refractivity contribution < 1.29 is 23.5 Å². The maximum Gasteiger partial charge on any atom is 0.338 e. The molecule has 32 heavy (non-hydrogen) atoms. The van der Waals surface area contributed by atoms with Crippen molar-refractivity contribution in [3.05, 3.63) is 59.9 Å². The van der Waals surface area contributed by atoms with Crippen molar-refractivity contribution >= 4 is 24.0 Å². The third-order valence-electron chi connectivity index (χ3n) is 7.22. The molecule has 6 atom stereocenters. The lowest BCUT2D eigenvalue weighted by molar-refractivity contribution is -0.140. The Morgan fingerprint density at radius 1 is 1.12 bits per heavy atom. The number of hydrogen-bond donors (Lipinski definition) is 0. The zero-order valence-electron chi connectivity index (χ0n) is 17.5. The highest BCUT2D eigenvalue weighted by Gasteiger charge is 2.67. The minimum absolute atomic E-state index is 0.175. The maximum atomic E-state index is 13.0. The van der Waals surface area contributed by atoms with Crippen LogP contribution in [0.1, 0.15) is 29.5 Å². The van der Waals surface area contributed by atoms with Gasteiger partial charge in [-0.15, -0.1) is 0 Å². The van der Waals surface area contributed by atoms with Crippen LogP contribution >= 0.6 is 0 Å². The van der Waals surface area contributed by atoms with Crippen LogP contribution in [0, 0.1) is 35.5 Å². The monoisotopic (exact) mass is 430 g/mol. The van der Waals surface area contributed by atoms with E-state index in [0.717, 1.165) is 17.0 Å². The summed E-state index contributed by atoms with van der Waals surface area (Å²) >= 11 is 0. The van der Waals surface area contributed by atoms with Crippen molar-refractivity contribution in [1.82, 2.24) is 5.01 Å². The summed E-state index contributed by atoms with van der Waals surface area (Å²) in [5, 5.41) is 5.25. The normalized spacial score (nSPS) is 31.8. The third kappa shape index (κ3) is 2.80. The minimum Gasteiger partial charge on any atom is -0.462 e. The number of esters is 1. The quantitative estimate of drug-likeness (QED) is 0.313. The second-order valence-corrected chi connectivity index (χ2v) is 8.89. The van der Waals surface area contributed by atoms with Gasteiger partial charge in [-0.1, -0.05) is 24.3 Å². The molecule has 1 saturated heterocycles. The molecule has 2 heterocycles. The molecule has 5 aliphatic rings. The number of ether oxygens (including phenoxy) is 1. The lowest BCUT2D eigenvalue weighted by atomic mass is 9.63. The Labute approximate surface area is 184 Å². The van der Waals surface area contributed by atoms with E-state index < -0.39 is 5.97 Å². The fourth-order valence-corrected chi connectivity index (χ4v) is 5.76. The van der Waals surface area contributed by atoms with Gasteiger partial charge in [0.1, 0.15) is 11.5 Å². The number of rotatable bonds is 5. The van der Waals surface area contributed by atoms with Crippen LogP contribution in [0.3, 0.4) is 0 Å². The van der Waals surface area contributed by atoms with Gasteiger partial charge < -0.3 is 9.15 Å². The largest absolute Gasteiger partial charge is 0.462 e. The van der Waals surface area contributed by atoms with Gasteiger partial charge in [0, 0.05) is 5.56 Å². The molecule has 0 radical (unpaired) electrons. The van der Waals surface area contributed by atoms with Crippen LogP contribution in [0.5, 0.6) is 0 Å². The Morgan fingerprint density at radius 3 is 2.53 bits per heavy atom. The van der Waals surface area contributed by atoms with Crippen LogP contribution in [0.2, 0.25) is 0 Å². The van der Waals surface area contributed by atoms with Gasteiger partial charge in [0.05, 0.1) is 30.2 Å². The molecule has 7 rings (SSSR count). The third-order valence-corrected chi connectivity index (χ3v) is 7.22. The SMILES string of the molecule is CCOC(=O)c1cccc(-c2ccc(/C=N\N3C(=O)[C@@H]4[C@@H]5C=C[C@H]([C@H]6C[C@H]56)[C@@H]4C3=O)o2)c1. The lowest BCUT2D eigenvalue weighted by Crippen LogP contribution is -2.40. The number of allylic oxidation sites excluding steroid dienone is 2. The van der Waals surface area contributed by atoms with E-state index in [-0.39, 0.29) is 35.5 Å². The van der Waals surface area contributed by atoms with Gasteiger partial charge in [-0.25, -0.2) is 4.79 Å². The van der Waals surface area contributed by atoms with E-state index in [2.05, 4.69) is 17.3 Å². The van der Waals surface area contributed by atoms with Crippen LogP contribution in [-0.2, 0) is 14.3 Å². The zero-order chi connectivity index (χ0) is 22.0. The van der Waals surface area contributed by atoms with E-state index in [1.54, 1.807) is 37.3 Å². The van der Waals surface area contributed by atoms with E-state index in [4.69, 9.17) is 9.15 Å². The fourth-order valence-electron chi connectivity index (χ4n) is 5.76. The van der Waals surface area contributed by atoms with Gasteiger partial charge in [0.2, 0.25) is 0 Å². The average molecular weight is 430 g/mol. The highest BCUT2D eigenvalue weighted by atomic mass is 16.5. The van der Waals surface area contributed by atoms with Crippen LogP contribution in [-0.4, -0.2) is 35.6 Å². The molecule has 2 aromatic rings. The second-order valence-electron chi connectivity index (χ2n) is 8.89. The number of imide groups is 1. The van der Waals surface area contributed by atoms with E-state index in [9.17, 15) is 14.4 Å². The summed E-state index contributed by atoms with van der Waals surface area (Å²) < 4.78 is 10.9. The molecule has 0 spiro atoms. The number of amides is 2. The smallest absolute Gasteiger partial charge is 0.338 e. The molecule has 4 aliphatic carbocycles. The molecule has 2 bridgehead atoms. The van der Waals surface area contributed by atoms with Crippen LogP contribution in [0.25, 0.3) is 11.3 Å². The molecule has 0 N–H and O–H groups in total. The number of nitrogens with zero attached hydrogens (tertiary/aromatic N) is 2. The number of benzene rings is 1. The molecule has 7 nitrogen and oxygen atoms in total. The van der Waals surface area contributed by atoms with E-state index >= 15 is 0 Å². The summed E-state index contributed by atoms with van der Waals surface area (Å²) in [6.45, 7) is 2.06. The number of carbonyl (C=O) groups excluding carboxylic acids is 3.